The number of nitrogens with two attached hydrogens (primary N) is 1. The van der Waals surface area contributed by atoms with Crippen LogP contribution >= 0.6 is 0 Å². The quantitative estimate of drug-likeness (QED) is 0.753. The second-order valence-corrected chi connectivity index (χ2v) is 8.74. The highest BCUT2D eigenvalue weighted by molar-refractivity contribution is 7.91. The fraction of sp³-hybridized carbons (Fsp3) is 1.00. The van der Waals surface area contributed by atoms with Gasteiger partial charge in [-0.2, -0.15) is 0 Å². The molecule has 110 valence electrons. The van der Waals surface area contributed by atoms with E-state index in [-0.39, 0.29) is 11.3 Å². The van der Waals surface area contributed by atoms with Gasteiger partial charge < -0.3 is 5.73 Å². The van der Waals surface area contributed by atoms with E-state index < -0.39 is 9.84 Å². The van der Waals surface area contributed by atoms with Gasteiger partial charge in [-0.05, 0) is 32.7 Å². The summed E-state index contributed by atoms with van der Waals surface area (Å²) in [7, 11) is -0.674. The number of likely N-dealkylation sites (tertiary alicyclic amines) is 1. The van der Waals surface area contributed by atoms with Crippen LogP contribution in [0.2, 0.25) is 0 Å². The van der Waals surface area contributed by atoms with Gasteiger partial charge in [0, 0.05) is 37.3 Å². The molecule has 0 saturated carbocycles. The number of fused-ring (bicyclic) bond motifs is 2. The first-order valence-electron chi connectivity index (χ1n) is 7.33. The van der Waals surface area contributed by atoms with E-state index in [1.54, 1.807) is 0 Å². The fourth-order valence-electron chi connectivity index (χ4n) is 4.18. The van der Waals surface area contributed by atoms with E-state index in [0.29, 0.717) is 30.8 Å². The van der Waals surface area contributed by atoms with E-state index in [1.807, 2.05) is 0 Å². The van der Waals surface area contributed by atoms with Gasteiger partial charge in [0.25, 0.3) is 0 Å². The van der Waals surface area contributed by atoms with Gasteiger partial charge in [-0.1, -0.05) is 0 Å². The summed E-state index contributed by atoms with van der Waals surface area (Å²) in [6.07, 6.45) is 4.40. The molecule has 0 aromatic rings. The molecule has 0 aromatic carbocycles. The minimum atomic E-state index is -2.89. The first-order chi connectivity index (χ1) is 8.96. The molecule has 3 aliphatic rings. The zero-order valence-corrected chi connectivity index (χ0v) is 12.5. The molecule has 5 nitrogen and oxygen atoms in total. The van der Waals surface area contributed by atoms with Crippen molar-refractivity contribution >= 4 is 9.84 Å². The van der Waals surface area contributed by atoms with Crippen LogP contribution in [-0.4, -0.2) is 74.0 Å². The van der Waals surface area contributed by atoms with Gasteiger partial charge in [-0.15, -0.1) is 0 Å². The summed E-state index contributed by atoms with van der Waals surface area (Å²) in [5.41, 5.74) is 5.70. The molecule has 0 spiro atoms. The molecule has 0 aliphatic carbocycles. The lowest BCUT2D eigenvalue weighted by Crippen LogP contribution is -2.57. The van der Waals surface area contributed by atoms with Gasteiger partial charge in [-0.25, -0.2) is 8.42 Å². The lowest BCUT2D eigenvalue weighted by atomic mass is 9.94. The van der Waals surface area contributed by atoms with Crippen molar-refractivity contribution in [2.45, 2.75) is 43.3 Å². The maximum absolute atomic E-state index is 11.9. The molecule has 3 unspecified atom stereocenters. The van der Waals surface area contributed by atoms with E-state index >= 15 is 0 Å². The summed E-state index contributed by atoms with van der Waals surface area (Å²) in [4.78, 5) is 4.89. The van der Waals surface area contributed by atoms with Gasteiger partial charge in [0.15, 0.2) is 9.84 Å². The molecule has 2 N–H and O–H groups in total. The second kappa shape index (κ2) is 4.69. The minimum Gasteiger partial charge on any atom is -0.329 e. The molecular formula is C13H25N3O2S. The third-order valence-corrected chi connectivity index (χ3v) is 7.37. The fourth-order valence-corrected chi connectivity index (χ4v) is 6.28. The van der Waals surface area contributed by atoms with Crippen molar-refractivity contribution in [1.82, 2.24) is 9.80 Å². The summed E-state index contributed by atoms with van der Waals surface area (Å²) < 4.78 is 23.7. The number of likely N-dealkylation sites (N-methyl/N-ethyl adjacent to an activating group) is 1. The Labute approximate surface area is 116 Å². The molecule has 0 radical (unpaired) electrons. The largest absolute Gasteiger partial charge is 0.329 e. The summed E-state index contributed by atoms with van der Waals surface area (Å²) in [5.74, 6) is 0.572. The highest BCUT2D eigenvalue weighted by Gasteiger charge is 2.48. The van der Waals surface area contributed by atoms with Crippen molar-refractivity contribution in [3.05, 3.63) is 0 Å². The van der Waals surface area contributed by atoms with Crippen LogP contribution in [0.5, 0.6) is 0 Å². The third kappa shape index (κ3) is 2.33. The van der Waals surface area contributed by atoms with Crippen LogP contribution in [0, 0.1) is 0 Å². The first kappa shape index (κ1) is 13.8. The van der Waals surface area contributed by atoms with Gasteiger partial charge in [0.1, 0.15) is 0 Å². The monoisotopic (exact) mass is 287 g/mol. The molecule has 3 atom stereocenters. The van der Waals surface area contributed by atoms with E-state index in [4.69, 9.17) is 5.73 Å². The van der Waals surface area contributed by atoms with Crippen LogP contribution in [0.3, 0.4) is 0 Å². The van der Waals surface area contributed by atoms with Gasteiger partial charge in [-0.3, -0.25) is 9.80 Å². The van der Waals surface area contributed by atoms with Crippen LogP contribution in [-0.2, 0) is 9.84 Å². The Morgan fingerprint density at radius 3 is 2.63 bits per heavy atom. The number of rotatable bonds is 2. The molecule has 0 aromatic heterocycles. The van der Waals surface area contributed by atoms with Crippen molar-refractivity contribution in [3.63, 3.8) is 0 Å². The predicted molar refractivity (Wildman–Crippen MR) is 75.8 cm³/mol. The number of nitrogens with zero attached hydrogens (tertiary/aromatic N) is 2. The molecular weight excluding hydrogens is 262 g/mol. The Bertz CT molecular complexity index is 453. The summed E-state index contributed by atoms with van der Waals surface area (Å²) in [5, 5.41) is 0. The molecule has 3 aliphatic heterocycles. The molecule has 3 rings (SSSR count). The predicted octanol–water partition coefficient (Wildman–Crippen LogP) is -0.329. The maximum Gasteiger partial charge on any atom is 0.152 e. The standard InChI is InChI=1S/C13H25N3O2S/c1-15-11-2-3-12(15)8-16(6-4-11)13(9-14)5-7-19(17,18)10-13/h11-12H,2-10,14H2,1H3. The van der Waals surface area contributed by atoms with Crippen molar-refractivity contribution in [2.75, 3.05) is 38.2 Å². The van der Waals surface area contributed by atoms with Crippen molar-refractivity contribution < 1.29 is 8.42 Å². The van der Waals surface area contributed by atoms with E-state index in [0.717, 1.165) is 19.5 Å². The first-order valence-corrected chi connectivity index (χ1v) is 9.15. The minimum absolute atomic E-state index is 0.262. The molecule has 3 fully saturated rings. The smallest absolute Gasteiger partial charge is 0.152 e. The topological polar surface area (TPSA) is 66.6 Å². The Morgan fingerprint density at radius 2 is 2.00 bits per heavy atom. The molecule has 2 bridgehead atoms. The molecule has 19 heavy (non-hydrogen) atoms. The van der Waals surface area contributed by atoms with E-state index in [9.17, 15) is 8.42 Å². The average Bonchev–Trinajstić information content (AvgIpc) is 2.78. The molecule has 6 heteroatoms. The zero-order valence-electron chi connectivity index (χ0n) is 11.7. The third-order valence-electron chi connectivity index (χ3n) is 5.57. The zero-order chi connectivity index (χ0) is 13.7. The molecule has 3 saturated heterocycles. The van der Waals surface area contributed by atoms with Crippen molar-refractivity contribution in [1.29, 1.82) is 0 Å². The Balaban J connectivity index is 1.81. The van der Waals surface area contributed by atoms with Crippen LogP contribution in [0.1, 0.15) is 25.7 Å². The van der Waals surface area contributed by atoms with Crippen LogP contribution in [0.15, 0.2) is 0 Å². The highest BCUT2D eigenvalue weighted by Crippen LogP contribution is 2.35. The Kier molecular flexibility index (Phi) is 3.40. The number of sulfone groups is 1. The van der Waals surface area contributed by atoms with E-state index in [2.05, 4.69) is 16.8 Å². The molecule has 3 heterocycles. The van der Waals surface area contributed by atoms with Crippen LogP contribution < -0.4 is 5.73 Å². The lowest BCUT2D eigenvalue weighted by molar-refractivity contribution is 0.103. The van der Waals surface area contributed by atoms with Gasteiger partial charge in [0.05, 0.1) is 11.5 Å². The SMILES string of the molecule is CN1C2CCC1CN(C1(CN)CCS(=O)(=O)C1)CC2. The van der Waals surface area contributed by atoms with Gasteiger partial charge in [0.2, 0.25) is 0 Å². The summed E-state index contributed by atoms with van der Waals surface area (Å²) >= 11 is 0. The summed E-state index contributed by atoms with van der Waals surface area (Å²) in [6.45, 7) is 2.45. The lowest BCUT2D eigenvalue weighted by Gasteiger charge is -2.40. The average molecular weight is 287 g/mol. The van der Waals surface area contributed by atoms with Crippen molar-refractivity contribution in [2.24, 2.45) is 5.73 Å². The van der Waals surface area contributed by atoms with Gasteiger partial charge >= 0.3 is 0 Å². The second-order valence-electron chi connectivity index (χ2n) is 6.56. The number of hydrogen-bond acceptors (Lipinski definition) is 5. The van der Waals surface area contributed by atoms with E-state index in [1.165, 1.54) is 12.8 Å². The van der Waals surface area contributed by atoms with Crippen LogP contribution in [0.4, 0.5) is 0 Å². The Hall–Kier alpha value is -0.170. The van der Waals surface area contributed by atoms with Crippen LogP contribution in [0.25, 0.3) is 0 Å². The summed E-state index contributed by atoms with van der Waals surface area (Å²) in [6, 6.07) is 1.27. The molecule has 0 amide bonds. The normalized spacial score (nSPS) is 43.5. The Morgan fingerprint density at radius 1 is 1.26 bits per heavy atom. The highest BCUT2D eigenvalue weighted by atomic mass is 32.2. The number of hydrogen-bond donors (Lipinski definition) is 1. The maximum atomic E-state index is 11.9. The van der Waals surface area contributed by atoms with Crippen molar-refractivity contribution in [3.8, 4) is 0 Å².